The Kier molecular flexibility index (Phi) is 4.97. The van der Waals surface area contributed by atoms with Crippen LogP contribution in [0.5, 0.6) is 0 Å². The summed E-state index contributed by atoms with van der Waals surface area (Å²) in [5.41, 5.74) is -0.324. The first kappa shape index (κ1) is 19.3. The maximum atomic E-state index is 13.1. The number of aromatic nitrogens is 3. The Morgan fingerprint density at radius 3 is 2.62 bits per heavy atom. The van der Waals surface area contributed by atoms with Gasteiger partial charge in [0.15, 0.2) is 0 Å². The molecule has 3 N–H and O–H groups in total. The Morgan fingerprint density at radius 1 is 1.31 bits per heavy atom. The van der Waals surface area contributed by atoms with Gasteiger partial charge in [-0.1, -0.05) is 30.3 Å². The van der Waals surface area contributed by atoms with Crippen LogP contribution in [0.15, 0.2) is 35.1 Å². The van der Waals surface area contributed by atoms with E-state index in [1.807, 2.05) is 30.3 Å². The number of ether oxygens (including phenoxy) is 1. The first-order chi connectivity index (χ1) is 13.9. The topological polar surface area (TPSA) is 130 Å². The van der Waals surface area contributed by atoms with E-state index >= 15 is 0 Å². The molecule has 10 nitrogen and oxygen atoms in total. The second-order valence-corrected chi connectivity index (χ2v) is 7.69. The Morgan fingerprint density at radius 2 is 2.03 bits per heavy atom. The number of aliphatic hydroxyl groups is 1. The van der Waals surface area contributed by atoms with E-state index in [-0.39, 0.29) is 38.0 Å². The van der Waals surface area contributed by atoms with Crippen molar-refractivity contribution in [3.63, 3.8) is 0 Å². The minimum atomic E-state index is -0.825. The molecule has 2 atom stereocenters. The quantitative estimate of drug-likeness (QED) is 0.569. The molecule has 1 aromatic heterocycles. The molecule has 0 unspecified atom stereocenters. The molecule has 3 heterocycles. The van der Waals surface area contributed by atoms with Gasteiger partial charge in [0.1, 0.15) is 0 Å². The van der Waals surface area contributed by atoms with Gasteiger partial charge in [0.25, 0.3) is 5.91 Å². The zero-order valence-corrected chi connectivity index (χ0v) is 16.0. The third-order valence-electron chi connectivity index (χ3n) is 5.48. The molecule has 2 aliphatic heterocycles. The second-order valence-electron chi connectivity index (χ2n) is 7.69. The zero-order chi connectivity index (χ0) is 20.6. The van der Waals surface area contributed by atoms with Crippen molar-refractivity contribution in [1.29, 1.82) is 0 Å². The smallest absolute Gasteiger partial charge is 0.343 e. The summed E-state index contributed by atoms with van der Waals surface area (Å²) in [6, 6.07) is 9.10. The van der Waals surface area contributed by atoms with Crippen LogP contribution >= 0.6 is 0 Å². The van der Waals surface area contributed by atoms with Gasteiger partial charge in [-0.25, -0.2) is 9.48 Å². The molecular formula is C19H23N5O5. The van der Waals surface area contributed by atoms with Crippen LogP contribution in [0.1, 0.15) is 16.2 Å². The minimum absolute atomic E-state index is 0.0502. The van der Waals surface area contributed by atoms with Gasteiger partial charge in [0.2, 0.25) is 11.7 Å². The monoisotopic (exact) mass is 401 g/mol. The van der Waals surface area contributed by atoms with E-state index in [0.29, 0.717) is 6.42 Å². The third-order valence-corrected chi connectivity index (χ3v) is 5.48. The number of aliphatic hydroxyl groups excluding tert-OH is 1. The molecule has 0 radical (unpaired) electrons. The minimum Gasteiger partial charge on any atom is -0.388 e. The Hall–Kier alpha value is -2.98. The molecule has 2 saturated heterocycles. The SMILES string of the molecule is Cn1nc(C(=O)N2CC(Cc3ccccc3)(C(=O)N[C@H]3COC[C@H]3O)C2)[nH]c1=O. The Bertz CT molecular complexity index is 963. The van der Waals surface area contributed by atoms with E-state index in [1.54, 1.807) is 0 Å². The van der Waals surface area contributed by atoms with Gasteiger partial charge in [-0.15, -0.1) is 5.10 Å². The number of benzene rings is 1. The lowest BCUT2D eigenvalue weighted by atomic mass is 9.73. The van der Waals surface area contributed by atoms with Gasteiger partial charge in [-0.3, -0.25) is 14.6 Å². The average Bonchev–Trinajstić information content (AvgIpc) is 3.23. The fourth-order valence-corrected chi connectivity index (χ4v) is 3.80. The van der Waals surface area contributed by atoms with E-state index in [1.165, 1.54) is 11.9 Å². The van der Waals surface area contributed by atoms with Gasteiger partial charge in [0, 0.05) is 20.1 Å². The molecule has 1 aromatic carbocycles. The van der Waals surface area contributed by atoms with Crippen molar-refractivity contribution in [2.45, 2.75) is 18.6 Å². The van der Waals surface area contributed by atoms with Gasteiger partial charge >= 0.3 is 5.69 Å². The Labute approximate surface area is 166 Å². The van der Waals surface area contributed by atoms with Crippen LogP contribution < -0.4 is 11.0 Å². The molecule has 154 valence electrons. The molecule has 2 fully saturated rings. The van der Waals surface area contributed by atoms with Crippen LogP contribution in [0.4, 0.5) is 0 Å². The highest BCUT2D eigenvalue weighted by Crippen LogP contribution is 2.35. The fraction of sp³-hybridized carbons (Fsp3) is 0.474. The second kappa shape index (κ2) is 7.45. The summed E-state index contributed by atoms with van der Waals surface area (Å²) in [5.74, 6) is -0.705. The van der Waals surface area contributed by atoms with Gasteiger partial charge in [0.05, 0.1) is 30.8 Å². The number of likely N-dealkylation sites (tertiary alicyclic amines) is 1. The van der Waals surface area contributed by atoms with Crippen molar-refractivity contribution in [1.82, 2.24) is 25.0 Å². The lowest BCUT2D eigenvalue weighted by Crippen LogP contribution is -2.67. The summed E-state index contributed by atoms with van der Waals surface area (Å²) >= 11 is 0. The van der Waals surface area contributed by atoms with Crippen molar-refractivity contribution in [3.05, 3.63) is 52.2 Å². The standard InChI is InChI=1S/C19H23N5O5/c1-23-18(28)21-15(22-23)16(26)24-10-19(11-24,7-12-5-3-2-4-6-12)17(27)20-13-8-29-9-14(13)25/h2-6,13-14,25H,7-11H2,1H3,(H,20,27)(H,21,22,28)/t13-,14+/m0/s1. The largest absolute Gasteiger partial charge is 0.388 e. The van der Waals surface area contributed by atoms with Gasteiger partial charge in [-0.05, 0) is 12.0 Å². The highest BCUT2D eigenvalue weighted by atomic mass is 16.5. The van der Waals surface area contributed by atoms with Crippen molar-refractivity contribution in [3.8, 4) is 0 Å². The summed E-state index contributed by atoms with van der Waals surface area (Å²) in [6.07, 6.45) is -0.296. The van der Waals surface area contributed by atoms with Crippen LogP contribution in [-0.2, 0) is 23.0 Å². The number of hydrogen-bond donors (Lipinski definition) is 3. The van der Waals surface area contributed by atoms with E-state index in [9.17, 15) is 19.5 Å². The van der Waals surface area contributed by atoms with Crippen LogP contribution in [0.2, 0.25) is 0 Å². The molecule has 0 spiro atoms. The number of aromatic amines is 1. The number of carbonyl (C=O) groups is 2. The summed E-state index contributed by atoms with van der Waals surface area (Å²) in [4.78, 5) is 41.2. The lowest BCUT2D eigenvalue weighted by molar-refractivity contribution is -0.140. The molecule has 0 aliphatic carbocycles. The number of carbonyl (C=O) groups excluding carboxylic acids is 2. The number of hydrogen-bond acceptors (Lipinski definition) is 6. The van der Waals surface area contributed by atoms with E-state index < -0.39 is 29.2 Å². The first-order valence-electron chi connectivity index (χ1n) is 9.41. The number of aryl methyl sites for hydroxylation is 1. The number of nitrogens with one attached hydrogen (secondary N) is 2. The lowest BCUT2D eigenvalue weighted by Gasteiger charge is -2.49. The molecule has 0 saturated carbocycles. The van der Waals surface area contributed by atoms with Crippen LogP contribution in [0.25, 0.3) is 0 Å². The number of amides is 2. The Balaban J connectivity index is 1.51. The zero-order valence-electron chi connectivity index (χ0n) is 16.0. The van der Waals surface area contributed by atoms with E-state index in [0.717, 1.165) is 10.2 Å². The summed E-state index contributed by atoms with van der Waals surface area (Å²) < 4.78 is 6.26. The molecule has 29 heavy (non-hydrogen) atoms. The highest BCUT2D eigenvalue weighted by molar-refractivity contribution is 5.94. The highest BCUT2D eigenvalue weighted by Gasteiger charge is 2.52. The fourth-order valence-electron chi connectivity index (χ4n) is 3.80. The van der Waals surface area contributed by atoms with Gasteiger partial charge in [-0.2, -0.15) is 0 Å². The van der Waals surface area contributed by atoms with E-state index in [2.05, 4.69) is 15.4 Å². The summed E-state index contributed by atoms with van der Waals surface area (Å²) in [5, 5.41) is 16.7. The maximum Gasteiger partial charge on any atom is 0.343 e. The van der Waals surface area contributed by atoms with Crippen LogP contribution in [0.3, 0.4) is 0 Å². The average molecular weight is 401 g/mol. The molecule has 2 aliphatic rings. The molecular weight excluding hydrogens is 378 g/mol. The molecule has 2 aromatic rings. The maximum absolute atomic E-state index is 13.1. The number of H-pyrrole nitrogens is 1. The van der Waals surface area contributed by atoms with Crippen molar-refractivity contribution < 1.29 is 19.4 Å². The predicted molar refractivity (Wildman–Crippen MR) is 101 cm³/mol. The molecule has 0 bridgehead atoms. The molecule has 10 heteroatoms. The van der Waals surface area contributed by atoms with Crippen molar-refractivity contribution in [2.75, 3.05) is 26.3 Å². The predicted octanol–water partition coefficient (Wildman–Crippen LogP) is -1.33. The van der Waals surface area contributed by atoms with Crippen LogP contribution in [0, 0.1) is 5.41 Å². The summed E-state index contributed by atoms with van der Waals surface area (Å²) in [7, 11) is 1.45. The van der Waals surface area contributed by atoms with Crippen LogP contribution in [-0.4, -0.2) is 75.0 Å². The molecule has 2 amide bonds. The summed E-state index contributed by atoms with van der Waals surface area (Å²) in [6.45, 7) is 0.824. The number of nitrogens with zero attached hydrogens (tertiary/aromatic N) is 3. The van der Waals surface area contributed by atoms with Gasteiger partial charge < -0.3 is 20.1 Å². The molecule has 4 rings (SSSR count). The van der Waals surface area contributed by atoms with Crippen molar-refractivity contribution in [2.24, 2.45) is 12.5 Å². The number of rotatable bonds is 5. The normalized spacial score (nSPS) is 22.9. The van der Waals surface area contributed by atoms with Crippen molar-refractivity contribution >= 4 is 11.8 Å². The third kappa shape index (κ3) is 3.68. The van der Waals surface area contributed by atoms with E-state index in [4.69, 9.17) is 4.74 Å². The first-order valence-corrected chi connectivity index (χ1v) is 9.41.